The molecule has 2 rings (SSSR count). The first-order valence-electron chi connectivity index (χ1n) is 8.13. The molecule has 0 radical (unpaired) electrons. The molecule has 0 spiro atoms. The van der Waals surface area contributed by atoms with Crippen molar-refractivity contribution in [3.63, 3.8) is 0 Å². The Morgan fingerprint density at radius 2 is 1.48 bits per heavy atom. The molecule has 2 aromatic rings. The van der Waals surface area contributed by atoms with Crippen LogP contribution in [0.5, 0.6) is 0 Å². The van der Waals surface area contributed by atoms with E-state index in [2.05, 4.69) is 0 Å². The fourth-order valence-electron chi connectivity index (χ4n) is 2.31. The number of carbonyl (C=O) groups excluding carboxylic acids is 2. The van der Waals surface area contributed by atoms with E-state index in [1.807, 2.05) is 19.1 Å². The number of ketones is 1. The lowest BCUT2D eigenvalue weighted by molar-refractivity contribution is 0.0318. The summed E-state index contributed by atoms with van der Waals surface area (Å²) in [6.07, 6.45) is -0.231. The van der Waals surface area contributed by atoms with Crippen LogP contribution in [0.1, 0.15) is 40.1 Å². The first kappa shape index (κ1) is 20.7. The number of hydrogen-bond donors (Lipinski definition) is 0. The molecule has 0 saturated heterocycles. The molecule has 0 aromatic heterocycles. The van der Waals surface area contributed by atoms with Crippen molar-refractivity contribution in [2.45, 2.75) is 37.0 Å². The molecule has 1 atom stereocenters. The number of aryl methyl sites for hydroxylation is 1. The Kier molecular flexibility index (Phi) is 6.43. The smallest absolute Gasteiger partial charge is 0.341 e. The molecule has 2 aromatic carbocycles. The molecule has 0 aliphatic carbocycles. The van der Waals surface area contributed by atoms with Crippen LogP contribution < -0.4 is 0 Å². The summed E-state index contributed by atoms with van der Waals surface area (Å²) in [6.45, 7) is 3.41. The number of benzene rings is 2. The topological polar surface area (TPSA) is 77.5 Å². The summed E-state index contributed by atoms with van der Waals surface area (Å²) in [6, 6.07) is 10.8. The summed E-state index contributed by atoms with van der Waals surface area (Å²) in [5.41, 5.74) is 1.41. The van der Waals surface area contributed by atoms with E-state index < -0.39 is 32.6 Å². The van der Waals surface area contributed by atoms with E-state index in [4.69, 9.17) is 4.74 Å². The second-order valence-corrected chi connectivity index (χ2v) is 7.71. The van der Waals surface area contributed by atoms with Gasteiger partial charge in [0.25, 0.3) is 0 Å². The highest BCUT2D eigenvalue weighted by Crippen LogP contribution is 2.19. The van der Waals surface area contributed by atoms with Gasteiger partial charge in [-0.05, 0) is 43.2 Å². The van der Waals surface area contributed by atoms with Gasteiger partial charge in [-0.1, -0.05) is 31.2 Å². The molecule has 0 bridgehead atoms. The van der Waals surface area contributed by atoms with E-state index in [0.717, 1.165) is 36.2 Å². The standard InChI is InChI=1S/C19H18F2O5S/c1-3-13-4-6-14(7-5-13)17(22)12(2)26-18(23)15-8-10-16(11-9-15)27(24,25)19(20)21/h4-12,19H,3H2,1-2H3. The molecule has 0 amide bonds. The highest BCUT2D eigenvalue weighted by atomic mass is 32.2. The van der Waals surface area contributed by atoms with Gasteiger partial charge in [-0.2, -0.15) is 8.78 Å². The van der Waals surface area contributed by atoms with Gasteiger partial charge in [-0.25, -0.2) is 13.2 Å². The Morgan fingerprint density at radius 3 is 1.96 bits per heavy atom. The molecule has 144 valence electrons. The van der Waals surface area contributed by atoms with Crippen molar-refractivity contribution in [1.82, 2.24) is 0 Å². The van der Waals surface area contributed by atoms with E-state index in [0.29, 0.717) is 5.56 Å². The number of Topliss-reactive ketones (excluding diaryl/α,β-unsaturated/α-hetero) is 1. The molecule has 0 N–H and O–H groups in total. The zero-order valence-corrected chi connectivity index (χ0v) is 15.5. The third kappa shape index (κ3) is 4.77. The molecule has 0 saturated carbocycles. The van der Waals surface area contributed by atoms with Crippen LogP contribution in [-0.4, -0.2) is 32.0 Å². The first-order chi connectivity index (χ1) is 12.7. The minimum atomic E-state index is -4.74. The van der Waals surface area contributed by atoms with Crippen LogP contribution in [-0.2, 0) is 21.0 Å². The van der Waals surface area contributed by atoms with Crippen molar-refractivity contribution in [2.75, 3.05) is 0 Å². The number of alkyl halides is 2. The normalized spacial score (nSPS) is 12.6. The molecule has 1 unspecified atom stereocenters. The average Bonchev–Trinajstić information content (AvgIpc) is 2.67. The lowest BCUT2D eigenvalue weighted by Gasteiger charge is -2.13. The Morgan fingerprint density at radius 1 is 0.963 bits per heavy atom. The summed E-state index contributed by atoms with van der Waals surface area (Å²) in [7, 11) is -4.74. The van der Waals surface area contributed by atoms with Crippen LogP contribution in [0.25, 0.3) is 0 Å². The molecular weight excluding hydrogens is 378 g/mol. The maximum Gasteiger partial charge on any atom is 0.341 e. The fourth-order valence-corrected chi connectivity index (χ4v) is 3.03. The van der Waals surface area contributed by atoms with E-state index >= 15 is 0 Å². The van der Waals surface area contributed by atoms with Crippen LogP contribution in [0.4, 0.5) is 8.78 Å². The van der Waals surface area contributed by atoms with E-state index in [1.54, 1.807) is 12.1 Å². The monoisotopic (exact) mass is 396 g/mol. The Hall–Kier alpha value is -2.61. The van der Waals surface area contributed by atoms with Crippen molar-refractivity contribution < 1.29 is 31.5 Å². The number of carbonyl (C=O) groups is 2. The van der Waals surface area contributed by atoms with Gasteiger partial charge in [-0.3, -0.25) is 4.79 Å². The minimum absolute atomic E-state index is 0.0517. The second-order valence-electron chi connectivity index (χ2n) is 5.79. The van der Waals surface area contributed by atoms with Crippen LogP contribution in [0.3, 0.4) is 0 Å². The van der Waals surface area contributed by atoms with Crippen molar-refractivity contribution in [3.8, 4) is 0 Å². The summed E-state index contributed by atoms with van der Waals surface area (Å²) in [5.74, 6) is -4.79. The summed E-state index contributed by atoms with van der Waals surface area (Å²) in [5, 5.41) is 0. The Bertz CT molecular complexity index is 920. The maximum absolute atomic E-state index is 12.5. The largest absolute Gasteiger partial charge is 0.451 e. The molecule has 0 aliphatic heterocycles. The van der Waals surface area contributed by atoms with Crippen molar-refractivity contribution >= 4 is 21.6 Å². The van der Waals surface area contributed by atoms with Gasteiger partial charge in [-0.15, -0.1) is 0 Å². The minimum Gasteiger partial charge on any atom is -0.451 e. The number of rotatable bonds is 7. The molecule has 0 heterocycles. The van der Waals surface area contributed by atoms with Crippen molar-refractivity contribution in [1.29, 1.82) is 0 Å². The fraction of sp³-hybridized carbons (Fsp3) is 0.263. The van der Waals surface area contributed by atoms with E-state index in [-0.39, 0.29) is 11.3 Å². The molecule has 0 aliphatic rings. The van der Waals surface area contributed by atoms with Crippen LogP contribution >= 0.6 is 0 Å². The zero-order valence-electron chi connectivity index (χ0n) is 14.7. The zero-order chi connectivity index (χ0) is 20.2. The Balaban J connectivity index is 2.08. The molecule has 0 fully saturated rings. The lowest BCUT2D eigenvalue weighted by Crippen LogP contribution is -2.24. The highest BCUT2D eigenvalue weighted by molar-refractivity contribution is 7.91. The molecule has 27 heavy (non-hydrogen) atoms. The molecule has 5 nitrogen and oxygen atoms in total. The quantitative estimate of drug-likeness (QED) is 0.527. The predicted molar refractivity (Wildman–Crippen MR) is 94.7 cm³/mol. The summed E-state index contributed by atoms with van der Waals surface area (Å²) < 4.78 is 52.9. The highest BCUT2D eigenvalue weighted by Gasteiger charge is 2.27. The van der Waals surface area contributed by atoms with E-state index in [9.17, 15) is 26.8 Å². The molecular formula is C19H18F2O5S. The number of sulfone groups is 1. The van der Waals surface area contributed by atoms with Gasteiger partial charge < -0.3 is 4.74 Å². The van der Waals surface area contributed by atoms with Gasteiger partial charge in [0.05, 0.1) is 10.5 Å². The van der Waals surface area contributed by atoms with Gasteiger partial charge in [0.1, 0.15) is 0 Å². The third-order valence-corrected chi connectivity index (χ3v) is 5.35. The van der Waals surface area contributed by atoms with Crippen LogP contribution in [0.15, 0.2) is 53.4 Å². The van der Waals surface area contributed by atoms with Gasteiger partial charge in [0.15, 0.2) is 6.10 Å². The average molecular weight is 396 g/mol. The number of ether oxygens (including phenoxy) is 1. The summed E-state index contributed by atoms with van der Waals surface area (Å²) >= 11 is 0. The van der Waals surface area contributed by atoms with Crippen LogP contribution in [0, 0.1) is 0 Å². The van der Waals surface area contributed by atoms with Crippen molar-refractivity contribution in [3.05, 3.63) is 65.2 Å². The summed E-state index contributed by atoms with van der Waals surface area (Å²) in [4.78, 5) is 23.8. The second kappa shape index (κ2) is 8.39. The number of esters is 1. The van der Waals surface area contributed by atoms with Crippen molar-refractivity contribution in [2.24, 2.45) is 0 Å². The SMILES string of the molecule is CCc1ccc(C(=O)C(C)OC(=O)c2ccc(S(=O)(=O)C(F)F)cc2)cc1. The van der Waals surface area contributed by atoms with Gasteiger partial charge in [0, 0.05) is 5.56 Å². The van der Waals surface area contributed by atoms with Crippen LogP contribution in [0.2, 0.25) is 0 Å². The lowest BCUT2D eigenvalue weighted by atomic mass is 10.0. The van der Waals surface area contributed by atoms with E-state index in [1.165, 1.54) is 6.92 Å². The van der Waals surface area contributed by atoms with Gasteiger partial charge in [0.2, 0.25) is 15.6 Å². The molecule has 8 heteroatoms. The third-order valence-electron chi connectivity index (χ3n) is 3.95. The maximum atomic E-state index is 12.5. The predicted octanol–water partition coefficient (Wildman–Crippen LogP) is 3.67. The van der Waals surface area contributed by atoms with Gasteiger partial charge >= 0.3 is 11.7 Å². The number of hydrogen-bond acceptors (Lipinski definition) is 5. The first-order valence-corrected chi connectivity index (χ1v) is 9.67. The Labute approximate surface area is 155 Å². The number of halogens is 2.